The van der Waals surface area contributed by atoms with Crippen molar-refractivity contribution in [3.05, 3.63) is 118 Å². The first-order valence-electron chi connectivity index (χ1n) is 19.6. The third-order valence-electron chi connectivity index (χ3n) is 10.2. The van der Waals surface area contributed by atoms with Gasteiger partial charge in [-0.1, -0.05) is 24.3 Å². The lowest BCUT2D eigenvalue weighted by Crippen LogP contribution is -2.63. The molecule has 2 aliphatic rings. The number of aliphatic hydroxyl groups excluding tert-OH is 4. The van der Waals surface area contributed by atoms with Crippen LogP contribution in [0.3, 0.4) is 0 Å². The van der Waals surface area contributed by atoms with E-state index in [0.717, 1.165) is 24.3 Å². The van der Waals surface area contributed by atoms with Crippen LogP contribution in [0.25, 0.3) is 34.4 Å². The maximum Gasteiger partial charge on any atom is 0.331 e. The minimum atomic E-state index is -2.06. The van der Waals surface area contributed by atoms with E-state index in [1.54, 1.807) is 12.1 Å². The molecule has 2 aliphatic heterocycles. The van der Waals surface area contributed by atoms with Gasteiger partial charge in [0.1, 0.15) is 64.1 Å². The minimum Gasteiger partial charge on any atom is -0.508 e. The van der Waals surface area contributed by atoms with Crippen LogP contribution in [0, 0.1) is 0 Å². The highest BCUT2D eigenvalue weighted by Gasteiger charge is 2.50. The molecule has 1 aromatic heterocycles. The number of phenols is 5. The lowest BCUT2D eigenvalue weighted by molar-refractivity contribution is -0.319. The van der Waals surface area contributed by atoms with Gasteiger partial charge in [-0.2, -0.15) is 0 Å². The second-order valence-corrected chi connectivity index (χ2v) is 14.8. The van der Waals surface area contributed by atoms with E-state index in [9.17, 15) is 60.3 Å². The van der Waals surface area contributed by atoms with Gasteiger partial charge in [-0.25, -0.2) is 9.59 Å². The van der Waals surface area contributed by atoms with Gasteiger partial charge in [-0.05, 0) is 78.7 Å². The van der Waals surface area contributed by atoms with Crippen molar-refractivity contribution in [3.8, 4) is 45.8 Å². The summed E-state index contributed by atoms with van der Waals surface area (Å²) in [6.45, 7) is 0.712. The fourth-order valence-electron chi connectivity index (χ4n) is 6.91. The van der Waals surface area contributed by atoms with E-state index in [0.29, 0.717) is 11.1 Å². The number of carbonyl (C=O) groups excluding carboxylic acids is 2. The first-order chi connectivity index (χ1) is 30.6. The van der Waals surface area contributed by atoms with Crippen molar-refractivity contribution in [2.24, 2.45) is 0 Å². The molecule has 0 bridgehead atoms. The van der Waals surface area contributed by atoms with Crippen molar-refractivity contribution in [2.45, 2.75) is 68.3 Å². The first kappa shape index (κ1) is 45.1. The van der Waals surface area contributed by atoms with Gasteiger partial charge in [0.05, 0.1) is 12.7 Å². The van der Waals surface area contributed by atoms with Crippen LogP contribution < -0.4 is 10.2 Å². The molecule has 7 rings (SSSR count). The van der Waals surface area contributed by atoms with Gasteiger partial charge in [0.15, 0.2) is 30.4 Å². The second kappa shape index (κ2) is 19.2. The van der Waals surface area contributed by atoms with Gasteiger partial charge >= 0.3 is 11.9 Å². The molecule has 0 spiro atoms. The zero-order valence-corrected chi connectivity index (χ0v) is 33.5. The summed E-state index contributed by atoms with van der Waals surface area (Å²) in [4.78, 5) is 39.8. The fraction of sp³-hybridized carbons (Fsp3) is 0.267. The van der Waals surface area contributed by atoms with Crippen LogP contribution in [0.5, 0.6) is 34.5 Å². The Balaban J connectivity index is 1.14. The Kier molecular flexibility index (Phi) is 13.5. The molecule has 3 heterocycles. The summed E-state index contributed by atoms with van der Waals surface area (Å²) in [6, 6.07) is 18.8. The molecule has 5 aromatic rings. The normalized spacial score (nSPS) is 26.0. The molecule has 9 N–H and O–H groups in total. The second-order valence-electron chi connectivity index (χ2n) is 14.8. The lowest BCUT2D eigenvalue weighted by Gasteiger charge is -2.43. The van der Waals surface area contributed by atoms with Crippen LogP contribution in [0.15, 0.2) is 106 Å². The summed E-state index contributed by atoms with van der Waals surface area (Å²) in [7, 11) is 0. The molecule has 2 fully saturated rings. The van der Waals surface area contributed by atoms with Gasteiger partial charge in [-0.15, -0.1) is 0 Å². The van der Waals surface area contributed by atoms with E-state index >= 15 is 0 Å². The standard InChI is InChI=1S/C45H42O19/c1-21-40(62-32(51)16-6-22-2-10-25(46)11-3-22)37(55)38(56)44(59-21)58-20-31-35(53)42(63-33(52)17-7-23-4-12-26(47)13-5-23)39(57)45(61-31)64-43-36(54)34-29(50)18-28(49)19-30(34)60-41(43)24-8-14-27(48)15-9-24/h2-19,21,31,35,37-40,42,44-50,53,55-57H,20H2,1H3. The number of fused-ring (bicyclic) bond motifs is 1. The van der Waals surface area contributed by atoms with Crippen LogP contribution in [0.1, 0.15) is 18.1 Å². The third-order valence-corrected chi connectivity index (χ3v) is 10.2. The largest absolute Gasteiger partial charge is 0.508 e. The highest BCUT2D eigenvalue weighted by Crippen LogP contribution is 2.38. The number of aliphatic hydroxyl groups is 4. The number of ether oxygens (including phenoxy) is 6. The number of phenolic OH excluding ortho intramolecular Hbond substituents is 5. The SMILES string of the molecule is CC1OC(OCC2OC(Oc3c(-c4ccc(O)cc4)oc4cc(O)cc(O)c4c3=O)C(O)C(OC(=O)C=Cc3ccc(O)cc3)C2O)C(O)C(O)C1OC(=O)C=Cc1ccc(O)cc1. The Hall–Kier alpha value is -6.97. The van der Waals surface area contributed by atoms with Crippen molar-refractivity contribution in [1.29, 1.82) is 0 Å². The maximum atomic E-state index is 14.1. The van der Waals surface area contributed by atoms with E-state index < -0.39 is 108 Å². The summed E-state index contributed by atoms with van der Waals surface area (Å²) in [5.41, 5.74) is -0.125. The number of benzene rings is 4. The Labute approximate surface area is 362 Å². The number of aromatic hydroxyl groups is 5. The molecule has 19 heteroatoms. The Morgan fingerprint density at radius 1 is 0.641 bits per heavy atom. The van der Waals surface area contributed by atoms with Crippen LogP contribution in [0.4, 0.5) is 0 Å². The van der Waals surface area contributed by atoms with E-state index in [2.05, 4.69) is 0 Å². The monoisotopic (exact) mass is 886 g/mol. The van der Waals surface area contributed by atoms with Gasteiger partial charge in [0.2, 0.25) is 17.5 Å². The highest BCUT2D eigenvalue weighted by atomic mass is 16.7. The van der Waals surface area contributed by atoms with Crippen molar-refractivity contribution in [1.82, 2.24) is 0 Å². The van der Waals surface area contributed by atoms with Crippen molar-refractivity contribution < 1.29 is 88.4 Å². The summed E-state index contributed by atoms with van der Waals surface area (Å²) in [5.74, 6) is -4.25. The molecule has 10 unspecified atom stereocenters. The minimum absolute atomic E-state index is 0.0242. The molecule has 4 aromatic carbocycles. The highest BCUT2D eigenvalue weighted by molar-refractivity contribution is 5.89. The predicted molar refractivity (Wildman–Crippen MR) is 221 cm³/mol. The van der Waals surface area contributed by atoms with Gasteiger partial charge < -0.3 is 78.8 Å². The van der Waals surface area contributed by atoms with Gasteiger partial charge in [0.25, 0.3) is 0 Å². The van der Waals surface area contributed by atoms with E-state index in [4.69, 9.17) is 32.8 Å². The van der Waals surface area contributed by atoms with Gasteiger partial charge in [0, 0.05) is 29.8 Å². The van der Waals surface area contributed by atoms with E-state index in [1.807, 2.05) is 0 Å². The topological polar surface area (TPSA) is 302 Å². The number of carbonyl (C=O) groups is 2. The van der Waals surface area contributed by atoms with Crippen LogP contribution >= 0.6 is 0 Å². The zero-order valence-electron chi connectivity index (χ0n) is 33.5. The predicted octanol–water partition coefficient (Wildman–Crippen LogP) is 2.55. The smallest absolute Gasteiger partial charge is 0.331 e. The molecule has 336 valence electrons. The Bertz CT molecular complexity index is 2570. The van der Waals surface area contributed by atoms with Crippen LogP contribution in [0.2, 0.25) is 0 Å². The molecule has 0 amide bonds. The summed E-state index contributed by atoms with van der Waals surface area (Å²) < 4.78 is 40.2. The van der Waals surface area contributed by atoms with E-state index in [1.165, 1.54) is 79.7 Å². The maximum absolute atomic E-state index is 14.1. The Morgan fingerprint density at radius 3 is 1.77 bits per heavy atom. The lowest BCUT2D eigenvalue weighted by atomic mass is 9.98. The number of hydrogen-bond donors (Lipinski definition) is 9. The molecule has 0 saturated carbocycles. The zero-order chi connectivity index (χ0) is 45.8. The summed E-state index contributed by atoms with van der Waals surface area (Å²) >= 11 is 0. The average molecular weight is 887 g/mol. The van der Waals surface area contributed by atoms with E-state index in [-0.39, 0.29) is 34.2 Å². The average Bonchev–Trinajstić information content (AvgIpc) is 3.26. The summed E-state index contributed by atoms with van der Waals surface area (Å²) in [5, 5.41) is 94.5. The molecular formula is C45H42O19. The van der Waals surface area contributed by atoms with Crippen molar-refractivity contribution in [2.75, 3.05) is 6.61 Å². The molecule has 19 nitrogen and oxygen atoms in total. The van der Waals surface area contributed by atoms with Crippen LogP contribution in [-0.2, 0) is 33.3 Å². The number of hydrogen-bond acceptors (Lipinski definition) is 19. The number of esters is 2. The van der Waals surface area contributed by atoms with Crippen molar-refractivity contribution >= 4 is 35.1 Å². The van der Waals surface area contributed by atoms with Crippen LogP contribution in [-0.4, -0.2) is 126 Å². The quantitative estimate of drug-likeness (QED) is 0.0642. The molecule has 2 saturated heterocycles. The molecule has 0 aliphatic carbocycles. The number of rotatable bonds is 12. The fourth-order valence-corrected chi connectivity index (χ4v) is 6.91. The Morgan fingerprint density at radius 2 is 1.19 bits per heavy atom. The molecule has 64 heavy (non-hydrogen) atoms. The molecule has 10 atom stereocenters. The third kappa shape index (κ3) is 10.1. The van der Waals surface area contributed by atoms with Crippen molar-refractivity contribution in [3.63, 3.8) is 0 Å². The van der Waals surface area contributed by atoms with Gasteiger partial charge in [-0.3, -0.25) is 4.79 Å². The summed E-state index contributed by atoms with van der Waals surface area (Å²) in [6.07, 6.45) is -12.4. The molecular weight excluding hydrogens is 844 g/mol. The molecule has 0 radical (unpaired) electrons. The first-order valence-corrected chi connectivity index (χ1v) is 19.6.